The Hall–Kier alpha value is -2.65. The Labute approximate surface area is 164 Å². The molecule has 2 heterocycles. The van der Waals surface area contributed by atoms with Crippen LogP contribution in [-0.2, 0) is 34.1 Å². The Balaban J connectivity index is 1.81. The molecule has 2 aliphatic rings. The Morgan fingerprint density at radius 1 is 1.10 bits per heavy atom. The monoisotopic (exact) mass is 412 g/mol. The van der Waals surface area contributed by atoms with Gasteiger partial charge in [0.05, 0.1) is 0 Å². The summed E-state index contributed by atoms with van der Waals surface area (Å²) in [4.78, 5) is 24.0. The number of rotatable bonds is 5. The van der Waals surface area contributed by atoms with Gasteiger partial charge in [0, 0.05) is 18.7 Å². The van der Waals surface area contributed by atoms with Gasteiger partial charge in [0.1, 0.15) is 18.3 Å². The maximum atomic E-state index is 13.9. The van der Waals surface area contributed by atoms with Crippen LogP contribution in [0.4, 0.5) is 13.2 Å². The van der Waals surface area contributed by atoms with E-state index in [9.17, 15) is 22.8 Å². The van der Waals surface area contributed by atoms with Crippen LogP contribution in [0.2, 0.25) is 0 Å². The van der Waals surface area contributed by atoms with E-state index in [4.69, 9.17) is 18.9 Å². The lowest BCUT2D eigenvalue weighted by atomic mass is 9.92. The molecule has 0 saturated heterocycles. The lowest BCUT2D eigenvalue weighted by Gasteiger charge is -2.36. The van der Waals surface area contributed by atoms with E-state index < -0.39 is 53.7 Å². The molecular formula is C20H19F3O6. The second-order valence-corrected chi connectivity index (χ2v) is 6.57. The summed E-state index contributed by atoms with van der Waals surface area (Å²) in [6.45, 7) is 1.41. The first-order valence-corrected chi connectivity index (χ1v) is 8.80. The zero-order chi connectivity index (χ0) is 21.2. The van der Waals surface area contributed by atoms with Gasteiger partial charge >= 0.3 is 18.1 Å². The van der Waals surface area contributed by atoms with Gasteiger partial charge in [0.2, 0.25) is 0 Å². The van der Waals surface area contributed by atoms with Crippen LogP contribution in [0, 0.1) is 0 Å². The average Bonchev–Trinajstić information content (AvgIpc) is 2.68. The molecular weight excluding hydrogens is 393 g/mol. The van der Waals surface area contributed by atoms with Crippen molar-refractivity contribution < 1.29 is 41.7 Å². The van der Waals surface area contributed by atoms with Gasteiger partial charge < -0.3 is 18.9 Å². The molecule has 6 nitrogen and oxygen atoms in total. The molecule has 0 N–H and O–H groups in total. The van der Waals surface area contributed by atoms with Crippen molar-refractivity contribution in [2.75, 3.05) is 7.11 Å². The van der Waals surface area contributed by atoms with E-state index in [1.54, 1.807) is 6.08 Å². The van der Waals surface area contributed by atoms with Gasteiger partial charge in [-0.2, -0.15) is 13.2 Å². The molecule has 0 spiro atoms. The molecule has 1 aromatic carbocycles. The number of hydrogen-bond acceptors (Lipinski definition) is 6. The number of halogens is 3. The van der Waals surface area contributed by atoms with Gasteiger partial charge in [-0.1, -0.05) is 36.4 Å². The molecule has 0 saturated carbocycles. The number of carbonyl (C=O) groups is 2. The number of fused-ring (bicyclic) bond motifs is 1. The van der Waals surface area contributed by atoms with Crippen molar-refractivity contribution in [3.8, 4) is 0 Å². The lowest BCUT2D eigenvalue weighted by Crippen LogP contribution is -2.53. The number of esters is 2. The summed E-state index contributed by atoms with van der Waals surface area (Å²) in [6.07, 6.45) is -2.49. The van der Waals surface area contributed by atoms with E-state index >= 15 is 0 Å². The van der Waals surface area contributed by atoms with E-state index in [0.717, 1.165) is 19.2 Å². The fraction of sp³-hybridized carbons (Fsp3) is 0.400. The molecule has 0 fully saturated rings. The number of ether oxygens (including phenoxy) is 4. The molecule has 29 heavy (non-hydrogen) atoms. The van der Waals surface area contributed by atoms with Crippen molar-refractivity contribution in [2.24, 2.45) is 0 Å². The number of benzene rings is 1. The normalized spacial score (nSPS) is 26.8. The standard InChI is InChI=1S/C20H19F3O6/c1-12(14-8-9-16-15(28-14)10-11-17(24)29-16)27-18(25)19(26-2,20(21,22)23)13-6-4-3-5-7-13/h3-12,14-16H,1-2H3/t12-,14?,15?,16?,19-/m0/s1. The number of hydrogen-bond donors (Lipinski definition) is 0. The van der Waals surface area contributed by atoms with Crippen LogP contribution in [0.25, 0.3) is 0 Å². The third-order valence-electron chi connectivity index (χ3n) is 4.73. The van der Waals surface area contributed by atoms with Gasteiger partial charge in [0.25, 0.3) is 5.60 Å². The molecule has 0 amide bonds. The van der Waals surface area contributed by atoms with Crippen LogP contribution < -0.4 is 0 Å². The smallest absolute Gasteiger partial charge is 0.432 e. The van der Waals surface area contributed by atoms with Crippen molar-refractivity contribution in [1.82, 2.24) is 0 Å². The first-order chi connectivity index (χ1) is 13.7. The van der Waals surface area contributed by atoms with Crippen molar-refractivity contribution >= 4 is 11.9 Å². The number of alkyl halides is 3. The summed E-state index contributed by atoms with van der Waals surface area (Å²) < 4.78 is 62.4. The van der Waals surface area contributed by atoms with Crippen molar-refractivity contribution in [2.45, 2.75) is 43.1 Å². The number of carbonyl (C=O) groups excluding carboxylic acids is 2. The van der Waals surface area contributed by atoms with Crippen LogP contribution in [-0.4, -0.2) is 49.6 Å². The Kier molecular flexibility index (Phi) is 5.81. The van der Waals surface area contributed by atoms with E-state index in [1.165, 1.54) is 43.4 Å². The summed E-state index contributed by atoms with van der Waals surface area (Å²) in [5.41, 5.74) is -3.67. The molecule has 1 aromatic rings. The quantitative estimate of drug-likeness (QED) is 0.547. The van der Waals surface area contributed by atoms with E-state index in [0.29, 0.717) is 0 Å². The van der Waals surface area contributed by atoms with Crippen molar-refractivity contribution in [1.29, 1.82) is 0 Å². The first kappa shape index (κ1) is 21.1. The maximum absolute atomic E-state index is 13.9. The molecule has 2 aliphatic heterocycles. The zero-order valence-electron chi connectivity index (χ0n) is 15.6. The van der Waals surface area contributed by atoms with Gasteiger partial charge in [0.15, 0.2) is 6.10 Å². The van der Waals surface area contributed by atoms with E-state index in [-0.39, 0.29) is 0 Å². The third kappa shape index (κ3) is 3.92. The molecule has 3 unspecified atom stereocenters. The molecule has 5 atom stereocenters. The Morgan fingerprint density at radius 3 is 2.41 bits per heavy atom. The van der Waals surface area contributed by atoms with E-state index in [1.807, 2.05) is 0 Å². The highest BCUT2D eigenvalue weighted by Crippen LogP contribution is 2.43. The van der Waals surface area contributed by atoms with Crippen LogP contribution >= 0.6 is 0 Å². The minimum absolute atomic E-state index is 0.394. The Morgan fingerprint density at radius 2 is 1.79 bits per heavy atom. The fourth-order valence-electron chi connectivity index (χ4n) is 3.21. The highest BCUT2D eigenvalue weighted by Gasteiger charge is 2.64. The Bertz CT molecular complexity index is 819. The molecule has 0 radical (unpaired) electrons. The molecule has 0 aliphatic carbocycles. The third-order valence-corrected chi connectivity index (χ3v) is 4.73. The topological polar surface area (TPSA) is 71.1 Å². The number of methoxy groups -OCH3 is 1. The summed E-state index contributed by atoms with van der Waals surface area (Å²) in [5, 5.41) is 0. The molecule has 3 rings (SSSR count). The van der Waals surface area contributed by atoms with Crippen LogP contribution in [0.3, 0.4) is 0 Å². The minimum atomic E-state index is -5.06. The largest absolute Gasteiger partial charge is 0.457 e. The van der Waals surface area contributed by atoms with Gasteiger partial charge in [-0.3, -0.25) is 0 Å². The van der Waals surface area contributed by atoms with Crippen LogP contribution in [0.1, 0.15) is 12.5 Å². The minimum Gasteiger partial charge on any atom is -0.457 e. The van der Waals surface area contributed by atoms with Crippen molar-refractivity contribution in [3.63, 3.8) is 0 Å². The zero-order valence-corrected chi connectivity index (χ0v) is 15.6. The first-order valence-electron chi connectivity index (χ1n) is 8.80. The molecule has 156 valence electrons. The SMILES string of the molecule is CO[C@](C(=O)O[C@@H](C)C1C=CC2OC(=O)C=CC2O1)(c1ccccc1)C(F)(F)F. The summed E-state index contributed by atoms with van der Waals surface area (Å²) >= 11 is 0. The molecule has 0 aromatic heterocycles. The lowest BCUT2D eigenvalue weighted by molar-refractivity contribution is -0.279. The molecule has 9 heteroatoms. The van der Waals surface area contributed by atoms with Gasteiger partial charge in [-0.25, -0.2) is 9.59 Å². The predicted molar refractivity (Wildman–Crippen MR) is 93.6 cm³/mol. The van der Waals surface area contributed by atoms with E-state index in [2.05, 4.69) is 0 Å². The highest BCUT2D eigenvalue weighted by molar-refractivity contribution is 5.83. The van der Waals surface area contributed by atoms with Crippen LogP contribution in [0.5, 0.6) is 0 Å². The second-order valence-electron chi connectivity index (χ2n) is 6.57. The highest BCUT2D eigenvalue weighted by atomic mass is 19.4. The summed E-state index contributed by atoms with van der Waals surface area (Å²) in [6, 6.07) is 6.55. The van der Waals surface area contributed by atoms with Gasteiger partial charge in [-0.15, -0.1) is 0 Å². The summed E-state index contributed by atoms with van der Waals surface area (Å²) in [5.74, 6) is -2.12. The fourth-order valence-corrected chi connectivity index (χ4v) is 3.21. The maximum Gasteiger partial charge on any atom is 0.432 e. The van der Waals surface area contributed by atoms with Crippen molar-refractivity contribution in [3.05, 3.63) is 60.2 Å². The van der Waals surface area contributed by atoms with Gasteiger partial charge in [-0.05, 0) is 19.1 Å². The van der Waals surface area contributed by atoms with Crippen LogP contribution in [0.15, 0.2) is 54.6 Å². The predicted octanol–water partition coefficient (Wildman–Crippen LogP) is 2.83. The molecule has 0 bridgehead atoms. The second kappa shape index (κ2) is 8.00. The average molecular weight is 412 g/mol. The summed E-state index contributed by atoms with van der Waals surface area (Å²) in [7, 11) is 0.801.